The van der Waals surface area contributed by atoms with Crippen LogP contribution in [0.5, 0.6) is 0 Å². The van der Waals surface area contributed by atoms with E-state index in [1.807, 2.05) is 17.5 Å². The van der Waals surface area contributed by atoms with Gasteiger partial charge in [0.15, 0.2) is 0 Å². The Labute approximate surface area is 144 Å². The van der Waals surface area contributed by atoms with Crippen LogP contribution in [-0.4, -0.2) is 34.4 Å². The average Bonchev–Trinajstić information content (AvgIpc) is 3.26. The van der Waals surface area contributed by atoms with Crippen molar-refractivity contribution in [3.63, 3.8) is 0 Å². The topological polar surface area (TPSA) is 69.6 Å². The molecule has 0 spiro atoms. The number of anilines is 1. The zero-order valence-electron chi connectivity index (χ0n) is 13.3. The van der Waals surface area contributed by atoms with E-state index in [1.54, 1.807) is 40.5 Å². The monoisotopic (exact) mass is 344 g/mol. The standard InChI is InChI=1S/C18H20N2O3S/c21-12-13-4-1-5-14(10-13)19-18(23)16-7-2-8-20(16)17(22)11-15-6-3-9-24-15/h1,3-6,9-10,16,21H,2,7-8,11-12H2,(H,19,23). The Morgan fingerprint density at radius 1 is 1.29 bits per heavy atom. The van der Waals surface area contributed by atoms with Crippen LogP contribution < -0.4 is 5.32 Å². The Morgan fingerprint density at radius 2 is 2.17 bits per heavy atom. The molecule has 126 valence electrons. The van der Waals surface area contributed by atoms with Gasteiger partial charge in [-0.2, -0.15) is 0 Å². The fourth-order valence-electron chi connectivity index (χ4n) is 2.97. The number of thiophene rings is 1. The summed E-state index contributed by atoms with van der Waals surface area (Å²) in [7, 11) is 0. The summed E-state index contributed by atoms with van der Waals surface area (Å²) in [6, 6.07) is 10.5. The molecule has 5 nitrogen and oxygen atoms in total. The lowest BCUT2D eigenvalue weighted by Crippen LogP contribution is -2.43. The SMILES string of the molecule is O=C(Nc1cccc(CO)c1)C1CCCN1C(=O)Cc1cccs1. The van der Waals surface area contributed by atoms with Crippen LogP contribution in [0, 0.1) is 0 Å². The van der Waals surface area contributed by atoms with Crippen LogP contribution in [0.1, 0.15) is 23.3 Å². The van der Waals surface area contributed by atoms with Gasteiger partial charge in [-0.05, 0) is 42.0 Å². The summed E-state index contributed by atoms with van der Waals surface area (Å²) in [5.41, 5.74) is 1.38. The van der Waals surface area contributed by atoms with E-state index >= 15 is 0 Å². The fourth-order valence-corrected chi connectivity index (χ4v) is 3.67. The molecule has 1 unspecified atom stereocenters. The van der Waals surface area contributed by atoms with Gasteiger partial charge in [-0.1, -0.05) is 18.2 Å². The van der Waals surface area contributed by atoms with E-state index in [-0.39, 0.29) is 18.4 Å². The molecule has 24 heavy (non-hydrogen) atoms. The summed E-state index contributed by atoms with van der Waals surface area (Å²) in [6.45, 7) is 0.553. The zero-order valence-corrected chi connectivity index (χ0v) is 14.1. The Hall–Kier alpha value is -2.18. The summed E-state index contributed by atoms with van der Waals surface area (Å²) in [6.07, 6.45) is 1.87. The largest absolute Gasteiger partial charge is 0.392 e. The van der Waals surface area contributed by atoms with Gasteiger partial charge in [0.2, 0.25) is 11.8 Å². The second kappa shape index (κ2) is 7.59. The lowest BCUT2D eigenvalue weighted by molar-refractivity contribution is -0.136. The molecule has 0 aliphatic carbocycles. The van der Waals surface area contributed by atoms with Gasteiger partial charge in [0.05, 0.1) is 13.0 Å². The molecule has 1 fully saturated rings. The minimum Gasteiger partial charge on any atom is -0.392 e. The number of amides is 2. The van der Waals surface area contributed by atoms with Gasteiger partial charge < -0.3 is 15.3 Å². The second-order valence-electron chi connectivity index (χ2n) is 5.85. The number of nitrogens with one attached hydrogen (secondary N) is 1. The quantitative estimate of drug-likeness (QED) is 0.875. The maximum Gasteiger partial charge on any atom is 0.247 e. The van der Waals surface area contributed by atoms with Crippen LogP contribution in [0.15, 0.2) is 41.8 Å². The van der Waals surface area contributed by atoms with Gasteiger partial charge in [0.25, 0.3) is 0 Å². The zero-order chi connectivity index (χ0) is 16.9. The van der Waals surface area contributed by atoms with Crippen molar-refractivity contribution in [3.05, 3.63) is 52.2 Å². The lowest BCUT2D eigenvalue weighted by Gasteiger charge is -2.24. The molecule has 2 amide bonds. The van der Waals surface area contributed by atoms with Crippen molar-refractivity contribution in [2.24, 2.45) is 0 Å². The van der Waals surface area contributed by atoms with Gasteiger partial charge in [-0.25, -0.2) is 0 Å². The van der Waals surface area contributed by atoms with Crippen LogP contribution >= 0.6 is 11.3 Å². The van der Waals surface area contributed by atoms with Gasteiger partial charge >= 0.3 is 0 Å². The number of hydrogen-bond acceptors (Lipinski definition) is 4. The van der Waals surface area contributed by atoms with Crippen LogP contribution in [0.4, 0.5) is 5.69 Å². The maximum absolute atomic E-state index is 12.6. The maximum atomic E-state index is 12.6. The molecule has 0 saturated carbocycles. The Morgan fingerprint density at radius 3 is 2.92 bits per heavy atom. The number of nitrogens with zero attached hydrogens (tertiary/aromatic N) is 1. The molecule has 3 rings (SSSR count). The smallest absolute Gasteiger partial charge is 0.247 e. The highest BCUT2D eigenvalue weighted by Gasteiger charge is 2.34. The van der Waals surface area contributed by atoms with Crippen molar-refractivity contribution in [1.29, 1.82) is 0 Å². The molecule has 1 aliphatic rings. The molecule has 6 heteroatoms. The molecule has 1 saturated heterocycles. The molecule has 0 bridgehead atoms. The number of likely N-dealkylation sites (tertiary alicyclic amines) is 1. The molecular weight excluding hydrogens is 324 g/mol. The molecule has 1 aliphatic heterocycles. The van der Waals surface area contributed by atoms with E-state index in [0.29, 0.717) is 25.1 Å². The summed E-state index contributed by atoms with van der Waals surface area (Å²) < 4.78 is 0. The first-order valence-corrected chi connectivity index (χ1v) is 8.88. The van der Waals surface area contributed by atoms with Crippen molar-refractivity contribution in [2.45, 2.75) is 31.9 Å². The molecule has 0 radical (unpaired) electrons. The fraction of sp³-hybridized carbons (Fsp3) is 0.333. The summed E-state index contributed by atoms with van der Waals surface area (Å²) in [5, 5.41) is 14.0. The van der Waals surface area contributed by atoms with Crippen molar-refractivity contribution >= 4 is 28.8 Å². The van der Waals surface area contributed by atoms with Crippen molar-refractivity contribution in [1.82, 2.24) is 4.90 Å². The first kappa shape index (κ1) is 16.7. The van der Waals surface area contributed by atoms with Crippen LogP contribution in [0.2, 0.25) is 0 Å². The molecule has 2 heterocycles. The van der Waals surface area contributed by atoms with Crippen molar-refractivity contribution in [2.75, 3.05) is 11.9 Å². The second-order valence-corrected chi connectivity index (χ2v) is 6.88. The first-order chi connectivity index (χ1) is 11.7. The Balaban J connectivity index is 1.65. The third kappa shape index (κ3) is 3.83. The third-order valence-corrected chi connectivity index (χ3v) is 5.03. The molecule has 1 aromatic heterocycles. The van der Waals surface area contributed by atoms with Crippen LogP contribution in [0.25, 0.3) is 0 Å². The minimum atomic E-state index is -0.421. The number of benzene rings is 1. The van der Waals surface area contributed by atoms with E-state index in [2.05, 4.69) is 5.32 Å². The van der Waals surface area contributed by atoms with Gasteiger partial charge in [-0.15, -0.1) is 11.3 Å². The van der Waals surface area contributed by atoms with Crippen molar-refractivity contribution in [3.8, 4) is 0 Å². The molecule has 1 atom stereocenters. The van der Waals surface area contributed by atoms with E-state index in [9.17, 15) is 14.7 Å². The van der Waals surface area contributed by atoms with E-state index in [0.717, 1.165) is 16.9 Å². The molecule has 2 aromatic rings. The number of aliphatic hydroxyl groups excluding tert-OH is 1. The highest BCUT2D eigenvalue weighted by Crippen LogP contribution is 2.22. The number of carbonyl (C=O) groups excluding carboxylic acids is 2. The summed E-state index contributed by atoms with van der Waals surface area (Å²) in [5.74, 6) is -0.165. The highest BCUT2D eigenvalue weighted by molar-refractivity contribution is 7.10. The predicted molar refractivity (Wildman–Crippen MR) is 93.8 cm³/mol. The van der Waals surface area contributed by atoms with Crippen molar-refractivity contribution < 1.29 is 14.7 Å². The molecular formula is C18H20N2O3S. The van der Waals surface area contributed by atoms with E-state index < -0.39 is 6.04 Å². The normalized spacial score (nSPS) is 17.0. The van der Waals surface area contributed by atoms with Crippen LogP contribution in [-0.2, 0) is 22.6 Å². The Bertz CT molecular complexity index is 715. The van der Waals surface area contributed by atoms with Gasteiger partial charge in [-0.3, -0.25) is 9.59 Å². The number of aliphatic hydroxyl groups is 1. The van der Waals surface area contributed by atoms with Crippen LogP contribution in [0.3, 0.4) is 0 Å². The highest BCUT2D eigenvalue weighted by atomic mass is 32.1. The number of hydrogen-bond donors (Lipinski definition) is 2. The van der Waals surface area contributed by atoms with Gasteiger partial charge in [0.1, 0.15) is 6.04 Å². The lowest BCUT2D eigenvalue weighted by atomic mass is 10.1. The first-order valence-electron chi connectivity index (χ1n) is 8.00. The molecule has 1 aromatic carbocycles. The minimum absolute atomic E-state index is 0.000732. The van der Waals surface area contributed by atoms with E-state index in [4.69, 9.17) is 0 Å². The summed E-state index contributed by atoms with van der Waals surface area (Å²) in [4.78, 5) is 27.8. The van der Waals surface area contributed by atoms with E-state index in [1.165, 1.54) is 0 Å². The van der Waals surface area contributed by atoms with Gasteiger partial charge in [0, 0.05) is 17.1 Å². The predicted octanol–water partition coefficient (Wildman–Crippen LogP) is 2.41. The summed E-state index contributed by atoms with van der Waals surface area (Å²) >= 11 is 1.55. The molecule has 2 N–H and O–H groups in total. The third-order valence-electron chi connectivity index (χ3n) is 4.16. The number of rotatable bonds is 5. The number of carbonyl (C=O) groups is 2. The average molecular weight is 344 g/mol. The Kier molecular flexibility index (Phi) is 5.27.